The second-order valence-corrected chi connectivity index (χ2v) is 6.55. The highest BCUT2D eigenvalue weighted by Crippen LogP contribution is 2.25. The summed E-state index contributed by atoms with van der Waals surface area (Å²) in [6, 6.07) is 7.95. The number of nitrogens with one attached hydrogen (secondary N) is 1. The second-order valence-electron chi connectivity index (χ2n) is 6.55. The zero-order valence-corrected chi connectivity index (χ0v) is 15.8. The zero-order valence-electron chi connectivity index (χ0n) is 15.8. The first-order valence-electron chi connectivity index (χ1n) is 9.21. The van der Waals surface area contributed by atoms with E-state index in [4.69, 9.17) is 14.0 Å². The van der Waals surface area contributed by atoms with E-state index in [2.05, 4.69) is 15.5 Å². The molecule has 1 atom stereocenters. The van der Waals surface area contributed by atoms with Crippen molar-refractivity contribution in [3.05, 3.63) is 24.3 Å². The van der Waals surface area contributed by atoms with Crippen LogP contribution in [-0.4, -0.2) is 56.5 Å². The highest BCUT2D eigenvalue weighted by atomic mass is 16.5. The van der Waals surface area contributed by atoms with Crippen LogP contribution in [0.4, 0.5) is 6.01 Å². The zero-order chi connectivity index (χ0) is 19.1. The maximum absolute atomic E-state index is 12.4. The SMILES string of the molecule is COCCCNC(=O)C1CCCN(c2nc(-c3ccc(OC)cc3)no2)C1. The van der Waals surface area contributed by atoms with Crippen LogP contribution in [0.1, 0.15) is 19.3 Å². The number of piperidine rings is 1. The van der Waals surface area contributed by atoms with Crippen molar-refractivity contribution in [2.24, 2.45) is 5.92 Å². The van der Waals surface area contributed by atoms with Gasteiger partial charge in [0.05, 0.1) is 13.0 Å². The highest BCUT2D eigenvalue weighted by molar-refractivity contribution is 5.79. The minimum Gasteiger partial charge on any atom is -0.497 e. The molecule has 2 heterocycles. The number of hydrogen-bond acceptors (Lipinski definition) is 7. The van der Waals surface area contributed by atoms with E-state index in [-0.39, 0.29) is 11.8 Å². The van der Waals surface area contributed by atoms with E-state index in [9.17, 15) is 4.79 Å². The molecule has 0 spiro atoms. The minimum absolute atomic E-state index is 0.0716. The molecule has 1 aromatic carbocycles. The van der Waals surface area contributed by atoms with E-state index in [0.29, 0.717) is 31.5 Å². The molecule has 8 nitrogen and oxygen atoms in total. The smallest absolute Gasteiger partial charge is 0.324 e. The Bertz CT molecular complexity index is 732. The summed E-state index contributed by atoms with van der Waals surface area (Å²) in [6.45, 7) is 2.66. The minimum atomic E-state index is -0.0716. The molecule has 1 amide bonds. The molecule has 146 valence electrons. The molecule has 1 aromatic heterocycles. The van der Waals surface area contributed by atoms with Crippen molar-refractivity contribution >= 4 is 11.9 Å². The van der Waals surface area contributed by atoms with E-state index in [1.165, 1.54) is 0 Å². The lowest BCUT2D eigenvalue weighted by atomic mass is 9.97. The van der Waals surface area contributed by atoms with Gasteiger partial charge in [-0.15, -0.1) is 0 Å². The van der Waals surface area contributed by atoms with Crippen molar-refractivity contribution in [1.82, 2.24) is 15.5 Å². The van der Waals surface area contributed by atoms with Gasteiger partial charge in [0, 0.05) is 38.9 Å². The Labute approximate surface area is 158 Å². The topological polar surface area (TPSA) is 89.7 Å². The normalized spacial score (nSPS) is 17.0. The molecule has 0 bridgehead atoms. The van der Waals surface area contributed by atoms with Crippen LogP contribution in [0.5, 0.6) is 5.75 Å². The molecular weight excluding hydrogens is 348 g/mol. The van der Waals surface area contributed by atoms with Crippen LogP contribution in [-0.2, 0) is 9.53 Å². The number of ether oxygens (including phenoxy) is 2. The first-order valence-corrected chi connectivity index (χ1v) is 9.21. The third-order valence-electron chi connectivity index (χ3n) is 4.65. The monoisotopic (exact) mass is 374 g/mol. The molecule has 1 aliphatic heterocycles. The van der Waals surface area contributed by atoms with Gasteiger partial charge in [-0.2, -0.15) is 4.98 Å². The summed E-state index contributed by atoms with van der Waals surface area (Å²) in [7, 11) is 3.29. The Hall–Kier alpha value is -2.61. The summed E-state index contributed by atoms with van der Waals surface area (Å²) in [6.07, 6.45) is 2.59. The van der Waals surface area contributed by atoms with Gasteiger partial charge in [-0.05, 0) is 43.5 Å². The number of methoxy groups -OCH3 is 2. The number of amides is 1. The molecule has 1 fully saturated rings. The second kappa shape index (κ2) is 9.36. The summed E-state index contributed by atoms with van der Waals surface area (Å²) in [4.78, 5) is 18.9. The van der Waals surface area contributed by atoms with Crippen LogP contribution in [0.25, 0.3) is 11.4 Å². The largest absolute Gasteiger partial charge is 0.497 e. The van der Waals surface area contributed by atoms with Gasteiger partial charge in [0.15, 0.2) is 0 Å². The van der Waals surface area contributed by atoms with Crippen molar-refractivity contribution in [2.75, 3.05) is 45.4 Å². The quantitative estimate of drug-likeness (QED) is 0.708. The Morgan fingerprint density at radius 3 is 2.89 bits per heavy atom. The van der Waals surface area contributed by atoms with Crippen LogP contribution in [0.2, 0.25) is 0 Å². The summed E-state index contributed by atoms with van der Waals surface area (Å²) in [5.41, 5.74) is 0.857. The third-order valence-corrected chi connectivity index (χ3v) is 4.65. The Balaban J connectivity index is 1.59. The van der Waals surface area contributed by atoms with Crippen molar-refractivity contribution < 1.29 is 18.8 Å². The fourth-order valence-corrected chi connectivity index (χ4v) is 3.14. The first-order chi connectivity index (χ1) is 13.2. The van der Waals surface area contributed by atoms with E-state index in [1.807, 2.05) is 29.2 Å². The lowest BCUT2D eigenvalue weighted by molar-refractivity contribution is -0.125. The van der Waals surface area contributed by atoms with Gasteiger partial charge in [0.1, 0.15) is 5.75 Å². The number of anilines is 1. The number of benzene rings is 1. The maximum Gasteiger partial charge on any atom is 0.324 e. The molecule has 0 saturated carbocycles. The van der Waals surface area contributed by atoms with Crippen molar-refractivity contribution in [3.8, 4) is 17.1 Å². The predicted molar refractivity (Wildman–Crippen MR) is 101 cm³/mol. The van der Waals surface area contributed by atoms with Crippen LogP contribution >= 0.6 is 0 Å². The van der Waals surface area contributed by atoms with Gasteiger partial charge in [-0.3, -0.25) is 4.79 Å². The van der Waals surface area contributed by atoms with E-state index >= 15 is 0 Å². The molecule has 1 N–H and O–H groups in total. The van der Waals surface area contributed by atoms with Crippen LogP contribution in [0.3, 0.4) is 0 Å². The third kappa shape index (κ3) is 4.97. The van der Waals surface area contributed by atoms with E-state index < -0.39 is 0 Å². The van der Waals surface area contributed by atoms with Crippen molar-refractivity contribution in [2.45, 2.75) is 19.3 Å². The van der Waals surface area contributed by atoms with Crippen molar-refractivity contribution in [1.29, 1.82) is 0 Å². The first kappa shape index (κ1) is 19.2. The van der Waals surface area contributed by atoms with Gasteiger partial charge >= 0.3 is 6.01 Å². The number of hydrogen-bond donors (Lipinski definition) is 1. The Morgan fingerprint density at radius 1 is 1.33 bits per heavy atom. The molecular formula is C19H26N4O4. The highest BCUT2D eigenvalue weighted by Gasteiger charge is 2.28. The number of nitrogens with zero attached hydrogens (tertiary/aromatic N) is 3. The molecule has 3 rings (SSSR count). The summed E-state index contributed by atoms with van der Waals surface area (Å²) >= 11 is 0. The Kier molecular flexibility index (Phi) is 6.64. The lowest BCUT2D eigenvalue weighted by Crippen LogP contribution is -2.43. The molecule has 2 aromatic rings. The molecule has 1 unspecified atom stereocenters. The average molecular weight is 374 g/mol. The van der Waals surface area contributed by atoms with Crippen LogP contribution in [0.15, 0.2) is 28.8 Å². The average Bonchev–Trinajstić information content (AvgIpc) is 3.21. The fraction of sp³-hybridized carbons (Fsp3) is 0.526. The molecule has 8 heteroatoms. The lowest BCUT2D eigenvalue weighted by Gasteiger charge is -2.30. The van der Waals surface area contributed by atoms with Gasteiger partial charge in [-0.1, -0.05) is 5.16 Å². The van der Waals surface area contributed by atoms with Crippen LogP contribution < -0.4 is 15.0 Å². The van der Waals surface area contributed by atoms with E-state index in [1.54, 1.807) is 14.2 Å². The summed E-state index contributed by atoms with van der Waals surface area (Å²) < 4.78 is 15.6. The predicted octanol–water partition coefficient (Wildman–Crippen LogP) is 2.11. The molecule has 27 heavy (non-hydrogen) atoms. The summed E-state index contributed by atoms with van der Waals surface area (Å²) in [5.74, 6) is 1.31. The molecule has 0 radical (unpaired) electrons. The fourth-order valence-electron chi connectivity index (χ4n) is 3.14. The maximum atomic E-state index is 12.4. The van der Waals surface area contributed by atoms with Gasteiger partial charge in [-0.25, -0.2) is 0 Å². The Morgan fingerprint density at radius 2 is 2.15 bits per heavy atom. The van der Waals surface area contributed by atoms with Gasteiger partial charge in [0.2, 0.25) is 11.7 Å². The van der Waals surface area contributed by atoms with E-state index in [0.717, 1.165) is 37.1 Å². The van der Waals surface area contributed by atoms with Crippen molar-refractivity contribution in [3.63, 3.8) is 0 Å². The standard InChI is InChI=1S/C19H26N4O4/c1-25-12-4-10-20-18(24)15-5-3-11-23(13-15)19-21-17(22-27-19)14-6-8-16(26-2)9-7-14/h6-9,15H,3-5,10-13H2,1-2H3,(H,20,24). The number of carbonyl (C=O) groups excluding carboxylic acids is 1. The number of rotatable bonds is 8. The van der Waals surface area contributed by atoms with Gasteiger partial charge < -0.3 is 24.2 Å². The molecule has 1 aliphatic rings. The van der Waals surface area contributed by atoms with Gasteiger partial charge in [0.25, 0.3) is 0 Å². The summed E-state index contributed by atoms with van der Waals surface area (Å²) in [5, 5.41) is 7.05. The molecule has 1 saturated heterocycles. The molecule has 0 aliphatic carbocycles. The van der Waals surface area contributed by atoms with Crippen LogP contribution in [0, 0.1) is 5.92 Å². The number of carbonyl (C=O) groups is 1. The number of aromatic nitrogens is 2.